The second-order valence-electron chi connectivity index (χ2n) is 4.23. The third kappa shape index (κ3) is 3.98. The third-order valence-corrected chi connectivity index (χ3v) is 2.96. The van der Waals surface area contributed by atoms with Crippen LogP contribution in [0.1, 0.15) is 18.9 Å². The number of hydrogen-bond acceptors (Lipinski definition) is 4. The second kappa shape index (κ2) is 6.78. The predicted octanol–water partition coefficient (Wildman–Crippen LogP) is 1.93. The molecule has 1 unspecified atom stereocenters. The first-order chi connectivity index (χ1) is 8.99. The lowest BCUT2D eigenvalue weighted by molar-refractivity contribution is -0.145. The minimum absolute atomic E-state index is 0.278. The van der Waals surface area contributed by atoms with E-state index in [4.69, 9.17) is 14.6 Å². The highest BCUT2D eigenvalue weighted by Gasteiger charge is 2.22. The van der Waals surface area contributed by atoms with Crippen molar-refractivity contribution in [1.29, 1.82) is 0 Å². The SMILES string of the molecule is COc1ccc(CCC(C(C)=O)C(=O)O)cc1OC. The van der Waals surface area contributed by atoms with Gasteiger partial charge in [0.1, 0.15) is 11.7 Å². The number of aryl methyl sites for hydroxylation is 1. The van der Waals surface area contributed by atoms with E-state index in [1.54, 1.807) is 19.2 Å². The molecule has 1 N–H and O–H groups in total. The Bertz CT molecular complexity index is 453. The van der Waals surface area contributed by atoms with Crippen LogP contribution in [-0.4, -0.2) is 31.1 Å². The van der Waals surface area contributed by atoms with Gasteiger partial charge in [0.25, 0.3) is 0 Å². The van der Waals surface area contributed by atoms with Crippen LogP contribution in [0.3, 0.4) is 0 Å². The van der Waals surface area contributed by atoms with Crippen LogP contribution in [0.15, 0.2) is 18.2 Å². The van der Waals surface area contributed by atoms with E-state index in [0.717, 1.165) is 5.56 Å². The smallest absolute Gasteiger partial charge is 0.314 e. The summed E-state index contributed by atoms with van der Waals surface area (Å²) in [6.07, 6.45) is 0.775. The lowest BCUT2D eigenvalue weighted by Crippen LogP contribution is -2.22. The number of hydrogen-bond donors (Lipinski definition) is 1. The molecule has 1 aromatic carbocycles. The summed E-state index contributed by atoms with van der Waals surface area (Å²) in [4.78, 5) is 22.1. The molecule has 5 heteroatoms. The summed E-state index contributed by atoms with van der Waals surface area (Å²) in [5, 5.41) is 8.94. The van der Waals surface area contributed by atoms with Crippen molar-refractivity contribution in [2.24, 2.45) is 5.92 Å². The van der Waals surface area contributed by atoms with Crippen molar-refractivity contribution in [1.82, 2.24) is 0 Å². The zero-order valence-corrected chi connectivity index (χ0v) is 11.3. The minimum Gasteiger partial charge on any atom is -0.493 e. The molecule has 0 aliphatic rings. The Hall–Kier alpha value is -2.04. The Balaban J connectivity index is 2.77. The molecular weight excluding hydrogens is 248 g/mol. The predicted molar refractivity (Wildman–Crippen MR) is 69.7 cm³/mol. The van der Waals surface area contributed by atoms with Crippen LogP contribution >= 0.6 is 0 Å². The van der Waals surface area contributed by atoms with Crippen LogP contribution in [0.4, 0.5) is 0 Å². The fraction of sp³-hybridized carbons (Fsp3) is 0.429. The van der Waals surface area contributed by atoms with E-state index in [-0.39, 0.29) is 12.2 Å². The normalized spacial score (nSPS) is 11.7. The maximum absolute atomic E-state index is 11.2. The number of carboxylic acids is 1. The average molecular weight is 266 g/mol. The summed E-state index contributed by atoms with van der Waals surface area (Å²) < 4.78 is 10.3. The molecule has 0 aliphatic heterocycles. The number of carbonyl (C=O) groups is 2. The molecule has 0 aliphatic carbocycles. The molecule has 0 saturated carbocycles. The standard InChI is InChI=1S/C14H18O5/c1-9(15)11(14(16)17)6-4-10-5-7-12(18-2)13(8-10)19-3/h5,7-8,11H,4,6H2,1-3H3,(H,16,17). The van der Waals surface area contributed by atoms with E-state index in [1.807, 2.05) is 6.07 Å². The molecule has 0 fully saturated rings. The molecular formula is C14H18O5. The summed E-state index contributed by atoms with van der Waals surface area (Å²) in [5.41, 5.74) is 0.908. The number of aliphatic carboxylic acids is 1. The summed E-state index contributed by atoms with van der Waals surface area (Å²) in [6.45, 7) is 1.30. The quantitative estimate of drug-likeness (QED) is 0.763. The van der Waals surface area contributed by atoms with Crippen molar-refractivity contribution in [2.75, 3.05) is 14.2 Å². The van der Waals surface area contributed by atoms with Crippen molar-refractivity contribution in [3.8, 4) is 11.5 Å². The zero-order valence-electron chi connectivity index (χ0n) is 11.3. The van der Waals surface area contributed by atoms with Gasteiger partial charge in [0.2, 0.25) is 0 Å². The monoisotopic (exact) mass is 266 g/mol. The number of ether oxygens (including phenoxy) is 2. The van der Waals surface area contributed by atoms with Gasteiger partial charge in [0.05, 0.1) is 14.2 Å². The van der Waals surface area contributed by atoms with E-state index in [9.17, 15) is 9.59 Å². The van der Waals surface area contributed by atoms with Crippen molar-refractivity contribution >= 4 is 11.8 Å². The van der Waals surface area contributed by atoms with Gasteiger partial charge in [-0.3, -0.25) is 9.59 Å². The van der Waals surface area contributed by atoms with E-state index >= 15 is 0 Å². The molecule has 104 valence electrons. The lowest BCUT2D eigenvalue weighted by Gasteiger charge is -2.11. The fourth-order valence-corrected chi connectivity index (χ4v) is 1.85. The average Bonchev–Trinajstić information content (AvgIpc) is 2.37. The Morgan fingerprint density at radius 1 is 1.21 bits per heavy atom. The molecule has 19 heavy (non-hydrogen) atoms. The Labute approximate surface area is 112 Å². The molecule has 0 aromatic heterocycles. The largest absolute Gasteiger partial charge is 0.493 e. The molecule has 5 nitrogen and oxygen atoms in total. The van der Waals surface area contributed by atoms with Gasteiger partial charge in [-0.15, -0.1) is 0 Å². The molecule has 0 heterocycles. The van der Waals surface area contributed by atoms with Gasteiger partial charge in [-0.05, 0) is 37.5 Å². The first kappa shape index (κ1) is 15.0. The Morgan fingerprint density at radius 3 is 2.32 bits per heavy atom. The first-order valence-electron chi connectivity index (χ1n) is 5.93. The Morgan fingerprint density at radius 2 is 1.84 bits per heavy atom. The van der Waals surface area contributed by atoms with Gasteiger partial charge in [-0.2, -0.15) is 0 Å². The topological polar surface area (TPSA) is 72.8 Å². The van der Waals surface area contributed by atoms with E-state index < -0.39 is 11.9 Å². The van der Waals surface area contributed by atoms with Crippen LogP contribution in [0.25, 0.3) is 0 Å². The van der Waals surface area contributed by atoms with Gasteiger partial charge in [-0.25, -0.2) is 0 Å². The number of benzene rings is 1. The highest BCUT2D eigenvalue weighted by atomic mass is 16.5. The molecule has 0 bridgehead atoms. The van der Waals surface area contributed by atoms with Crippen LogP contribution < -0.4 is 9.47 Å². The van der Waals surface area contributed by atoms with Crippen LogP contribution in [-0.2, 0) is 16.0 Å². The summed E-state index contributed by atoms with van der Waals surface area (Å²) in [7, 11) is 3.09. The van der Waals surface area contributed by atoms with Crippen molar-refractivity contribution in [3.05, 3.63) is 23.8 Å². The number of methoxy groups -OCH3 is 2. The zero-order chi connectivity index (χ0) is 14.4. The van der Waals surface area contributed by atoms with Gasteiger partial charge in [0.15, 0.2) is 11.5 Å². The fourth-order valence-electron chi connectivity index (χ4n) is 1.85. The van der Waals surface area contributed by atoms with E-state index in [0.29, 0.717) is 17.9 Å². The maximum Gasteiger partial charge on any atom is 0.314 e. The van der Waals surface area contributed by atoms with Gasteiger partial charge >= 0.3 is 5.97 Å². The third-order valence-electron chi connectivity index (χ3n) is 2.96. The summed E-state index contributed by atoms with van der Waals surface area (Å²) in [5.74, 6) is -1.14. The van der Waals surface area contributed by atoms with Crippen molar-refractivity contribution < 1.29 is 24.2 Å². The molecule has 0 saturated heterocycles. The van der Waals surface area contributed by atoms with Gasteiger partial charge in [-0.1, -0.05) is 6.07 Å². The first-order valence-corrected chi connectivity index (χ1v) is 5.93. The van der Waals surface area contributed by atoms with Crippen molar-refractivity contribution in [2.45, 2.75) is 19.8 Å². The molecule has 0 spiro atoms. The highest BCUT2D eigenvalue weighted by molar-refractivity contribution is 5.96. The number of rotatable bonds is 7. The molecule has 0 amide bonds. The van der Waals surface area contributed by atoms with Crippen LogP contribution in [0.5, 0.6) is 11.5 Å². The van der Waals surface area contributed by atoms with Crippen molar-refractivity contribution in [3.63, 3.8) is 0 Å². The minimum atomic E-state index is -1.08. The van der Waals surface area contributed by atoms with E-state index in [1.165, 1.54) is 14.0 Å². The highest BCUT2D eigenvalue weighted by Crippen LogP contribution is 2.28. The summed E-state index contributed by atoms with van der Waals surface area (Å²) in [6, 6.07) is 5.38. The number of carbonyl (C=O) groups excluding carboxylic acids is 1. The maximum atomic E-state index is 11.2. The number of ketones is 1. The molecule has 1 rings (SSSR count). The van der Waals surface area contributed by atoms with Crippen LogP contribution in [0.2, 0.25) is 0 Å². The van der Waals surface area contributed by atoms with E-state index in [2.05, 4.69) is 0 Å². The van der Waals surface area contributed by atoms with Crippen LogP contribution in [0, 0.1) is 5.92 Å². The Kier molecular flexibility index (Phi) is 5.36. The number of Topliss-reactive ketones (excluding diaryl/α,β-unsaturated/α-hetero) is 1. The molecule has 1 atom stereocenters. The van der Waals surface area contributed by atoms with Gasteiger partial charge < -0.3 is 14.6 Å². The summed E-state index contributed by atoms with van der Waals surface area (Å²) >= 11 is 0. The van der Waals surface area contributed by atoms with Gasteiger partial charge in [0, 0.05) is 0 Å². The second-order valence-corrected chi connectivity index (χ2v) is 4.23. The molecule has 1 aromatic rings. The molecule has 0 radical (unpaired) electrons. The number of carboxylic acid groups (broad SMARTS) is 1. The lowest BCUT2D eigenvalue weighted by atomic mass is 9.96.